The van der Waals surface area contributed by atoms with Crippen molar-refractivity contribution >= 4 is 21.8 Å². The topological polar surface area (TPSA) is 138 Å². The Bertz CT molecular complexity index is 1830. The molecule has 0 unspecified atom stereocenters. The summed E-state index contributed by atoms with van der Waals surface area (Å²) in [6.07, 6.45) is 2.19. The zero-order valence-electron chi connectivity index (χ0n) is 30.5. The number of methoxy groups -OCH3 is 2. The van der Waals surface area contributed by atoms with Gasteiger partial charge in [-0.25, -0.2) is 17.2 Å². The Morgan fingerprint density at radius 3 is 2.26 bits per heavy atom. The number of aliphatic hydroxyl groups excluding tert-OH is 1. The van der Waals surface area contributed by atoms with E-state index in [4.69, 9.17) is 9.47 Å². The number of aliphatic hydroxyl groups is 1. The number of nitrogens with one attached hydrogen (secondary N) is 2. The van der Waals surface area contributed by atoms with E-state index in [2.05, 4.69) is 17.6 Å². The Hall–Kier alpha value is -3.79. The first kappa shape index (κ1) is 40.4. The summed E-state index contributed by atoms with van der Waals surface area (Å²) >= 11 is 0. The van der Waals surface area contributed by atoms with Crippen molar-refractivity contribution in [3.05, 3.63) is 100 Å². The largest absolute Gasteiger partial charge is 0.390 e. The summed E-state index contributed by atoms with van der Waals surface area (Å²) in [5, 5.41) is 17.4. The SMILES string of the molecule is CCc1cccc(CNC[C@H](O)[C@H](Cc2cc(F)cc(F)c2)NC(=O)c2cc(C(=O)N3CCC[C@H]3COC)cc(S(=O)(=O)N3CCC[C@@H]3COC)c2)c1. The van der Waals surface area contributed by atoms with Crippen LogP contribution in [0.4, 0.5) is 8.78 Å². The molecule has 4 atom stereocenters. The van der Waals surface area contributed by atoms with Crippen molar-refractivity contribution in [2.24, 2.45) is 0 Å². The molecule has 0 aromatic heterocycles. The van der Waals surface area contributed by atoms with Crippen LogP contribution in [-0.2, 0) is 38.9 Å². The van der Waals surface area contributed by atoms with Crippen LogP contribution in [0, 0.1) is 11.6 Å². The summed E-state index contributed by atoms with van der Waals surface area (Å²) in [4.78, 5) is 29.5. The molecule has 0 saturated carbocycles. The van der Waals surface area contributed by atoms with E-state index in [0.29, 0.717) is 32.5 Å². The highest BCUT2D eigenvalue weighted by Crippen LogP contribution is 2.29. The molecule has 2 aliphatic rings. The minimum Gasteiger partial charge on any atom is -0.390 e. The third-order valence-electron chi connectivity index (χ3n) is 9.94. The van der Waals surface area contributed by atoms with Gasteiger partial charge in [-0.1, -0.05) is 31.2 Å². The Kier molecular flexibility index (Phi) is 14.1. The molecule has 2 aliphatic heterocycles. The van der Waals surface area contributed by atoms with E-state index in [0.717, 1.165) is 48.6 Å². The van der Waals surface area contributed by atoms with Gasteiger partial charge in [-0.3, -0.25) is 9.59 Å². The second-order valence-electron chi connectivity index (χ2n) is 13.8. The molecular formula is C39H50F2N4O7S. The molecule has 3 aromatic rings. The highest BCUT2D eigenvalue weighted by molar-refractivity contribution is 7.89. The molecule has 11 nitrogen and oxygen atoms in total. The molecular weight excluding hydrogens is 707 g/mol. The molecule has 0 spiro atoms. The minimum absolute atomic E-state index is 0.0157. The van der Waals surface area contributed by atoms with E-state index in [-0.39, 0.29) is 53.7 Å². The van der Waals surface area contributed by atoms with Gasteiger partial charge in [0.1, 0.15) is 11.6 Å². The van der Waals surface area contributed by atoms with Crippen LogP contribution in [0.2, 0.25) is 0 Å². The lowest BCUT2D eigenvalue weighted by molar-refractivity contribution is 0.0630. The van der Waals surface area contributed by atoms with Crippen molar-refractivity contribution in [1.82, 2.24) is 19.8 Å². The predicted octanol–water partition coefficient (Wildman–Crippen LogP) is 4.07. The van der Waals surface area contributed by atoms with Crippen LogP contribution in [0.15, 0.2) is 65.6 Å². The minimum atomic E-state index is -4.18. The van der Waals surface area contributed by atoms with Gasteiger partial charge in [0.05, 0.1) is 36.3 Å². The summed E-state index contributed by atoms with van der Waals surface area (Å²) in [5.74, 6) is -2.82. The standard InChI is InChI=1S/C39H50F2N4O7S/c1-4-26-8-5-9-27(14-26)22-42-23-37(46)36(17-28-15-31(40)21-32(41)16-28)43-38(47)29-18-30(39(48)44-12-6-10-33(44)24-51-2)20-35(19-29)53(49,50)45-13-7-11-34(45)25-52-3/h5,8-9,14-16,18-21,33-34,36-37,42,46H,4,6-7,10-13,17,22-25H2,1-3H3,(H,43,47)/t33-,34+,36-,37-/m0/s1. The number of carbonyl (C=O) groups is 2. The number of amides is 2. The zero-order chi connectivity index (χ0) is 38.1. The van der Waals surface area contributed by atoms with Gasteiger partial charge >= 0.3 is 0 Å². The Labute approximate surface area is 310 Å². The maximum Gasteiger partial charge on any atom is 0.254 e. The molecule has 2 fully saturated rings. The van der Waals surface area contributed by atoms with Crippen molar-refractivity contribution in [3.8, 4) is 0 Å². The van der Waals surface area contributed by atoms with Crippen LogP contribution < -0.4 is 10.6 Å². The highest BCUT2D eigenvalue weighted by Gasteiger charge is 2.37. The molecule has 288 valence electrons. The monoisotopic (exact) mass is 756 g/mol. The molecule has 0 radical (unpaired) electrons. The summed E-state index contributed by atoms with van der Waals surface area (Å²) in [7, 11) is -1.13. The van der Waals surface area contributed by atoms with Gasteiger partial charge < -0.3 is 30.1 Å². The molecule has 2 heterocycles. The Balaban J connectivity index is 1.46. The number of hydrogen-bond donors (Lipinski definition) is 3. The predicted molar refractivity (Wildman–Crippen MR) is 196 cm³/mol. The lowest BCUT2D eigenvalue weighted by Crippen LogP contribution is -2.48. The van der Waals surface area contributed by atoms with Gasteiger partial charge in [-0.05, 0) is 85.5 Å². The second kappa shape index (κ2) is 18.5. The number of aryl methyl sites for hydroxylation is 1. The van der Waals surface area contributed by atoms with Crippen LogP contribution in [0.1, 0.15) is 70.0 Å². The molecule has 53 heavy (non-hydrogen) atoms. The van der Waals surface area contributed by atoms with Gasteiger partial charge in [0.2, 0.25) is 10.0 Å². The van der Waals surface area contributed by atoms with Gasteiger partial charge in [0.25, 0.3) is 11.8 Å². The maximum atomic E-state index is 14.2. The van der Waals surface area contributed by atoms with Crippen molar-refractivity contribution in [3.63, 3.8) is 0 Å². The molecule has 3 aromatic carbocycles. The highest BCUT2D eigenvalue weighted by atomic mass is 32.2. The number of hydrogen-bond acceptors (Lipinski definition) is 8. The first-order chi connectivity index (χ1) is 25.4. The lowest BCUT2D eigenvalue weighted by Gasteiger charge is -2.27. The van der Waals surface area contributed by atoms with Gasteiger partial charge in [-0.2, -0.15) is 4.31 Å². The van der Waals surface area contributed by atoms with E-state index in [1.165, 1.54) is 29.6 Å². The van der Waals surface area contributed by atoms with Gasteiger partial charge in [0, 0.05) is 63.6 Å². The number of halogens is 2. The number of nitrogens with zero attached hydrogens (tertiary/aromatic N) is 2. The Morgan fingerprint density at radius 2 is 1.55 bits per heavy atom. The van der Waals surface area contributed by atoms with Crippen LogP contribution in [0.5, 0.6) is 0 Å². The molecule has 5 rings (SSSR count). The summed E-state index contributed by atoms with van der Waals surface area (Å²) in [6.45, 7) is 3.69. The Morgan fingerprint density at radius 1 is 0.887 bits per heavy atom. The number of ether oxygens (including phenoxy) is 2. The molecule has 14 heteroatoms. The number of likely N-dealkylation sites (tertiary alicyclic amines) is 1. The molecule has 0 aliphatic carbocycles. The zero-order valence-corrected chi connectivity index (χ0v) is 31.3. The molecule has 3 N–H and O–H groups in total. The van der Waals surface area contributed by atoms with E-state index in [1.807, 2.05) is 24.3 Å². The fourth-order valence-corrected chi connectivity index (χ4v) is 8.99. The number of sulfonamides is 1. The van der Waals surface area contributed by atoms with Crippen molar-refractivity contribution in [2.75, 3.05) is 47.1 Å². The summed E-state index contributed by atoms with van der Waals surface area (Å²) in [6, 6.07) is 13.2. The third-order valence-corrected chi connectivity index (χ3v) is 11.9. The average molecular weight is 757 g/mol. The number of rotatable bonds is 17. The maximum absolute atomic E-state index is 14.2. The fourth-order valence-electron chi connectivity index (χ4n) is 7.24. The fraction of sp³-hybridized carbons (Fsp3) is 0.487. The van der Waals surface area contributed by atoms with Gasteiger partial charge in [-0.15, -0.1) is 0 Å². The smallest absolute Gasteiger partial charge is 0.254 e. The van der Waals surface area contributed by atoms with E-state index in [1.54, 1.807) is 12.0 Å². The summed E-state index contributed by atoms with van der Waals surface area (Å²) < 4.78 is 68.7. The number of carbonyl (C=O) groups excluding carboxylic acids is 2. The van der Waals surface area contributed by atoms with E-state index in [9.17, 15) is 31.9 Å². The molecule has 0 bridgehead atoms. The van der Waals surface area contributed by atoms with Crippen molar-refractivity contribution in [1.29, 1.82) is 0 Å². The van der Waals surface area contributed by atoms with Gasteiger partial charge in [0.15, 0.2) is 0 Å². The quantitative estimate of drug-likeness (QED) is 0.188. The lowest BCUT2D eigenvalue weighted by atomic mass is 9.99. The number of benzene rings is 3. The van der Waals surface area contributed by atoms with Crippen molar-refractivity contribution < 1.29 is 41.4 Å². The first-order valence-electron chi connectivity index (χ1n) is 18.1. The molecule has 2 amide bonds. The van der Waals surface area contributed by atoms with Crippen LogP contribution in [-0.4, -0.2) is 106 Å². The third kappa shape index (κ3) is 10.3. The second-order valence-corrected chi connectivity index (χ2v) is 15.7. The van der Waals surface area contributed by atoms with Crippen molar-refractivity contribution in [2.45, 2.75) is 81.1 Å². The van der Waals surface area contributed by atoms with E-state index >= 15 is 0 Å². The first-order valence-corrected chi connectivity index (χ1v) is 19.6. The van der Waals surface area contributed by atoms with E-state index < -0.39 is 51.7 Å². The van der Waals surface area contributed by atoms with Crippen LogP contribution >= 0.6 is 0 Å². The molecule has 2 saturated heterocycles. The summed E-state index contributed by atoms with van der Waals surface area (Å²) in [5.41, 5.74) is 2.25. The normalized spacial score (nSPS) is 19.0. The average Bonchev–Trinajstić information content (AvgIpc) is 3.81. The van der Waals surface area contributed by atoms with Crippen LogP contribution in [0.25, 0.3) is 0 Å². The van der Waals surface area contributed by atoms with Crippen LogP contribution in [0.3, 0.4) is 0 Å².